The number of carbonyl (C=O) groups is 2. The van der Waals surface area contributed by atoms with Gasteiger partial charge in [0.1, 0.15) is 5.75 Å². The number of nitrogens with one attached hydrogen (secondary N) is 1. The van der Waals surface area contributed by atoms with Crippen LogP contribution in [0.25, 0.3) is 0 Å². The van der Waals surface area contributed by atoms with Crippen LogP contribution in [-0.2, 0) is 9.59 Å². The van der Waals surface area contributed by atoms with Crippen LogP contribution >= 0.6 is 0 Å². The summed E-state index contributed by atoms with van der Waals surface area (Å²) in [5.41, 5.74) is 9.44. The molecule has 1 aliphatic rings. The smallest absolute Gasteiger partial charge is 0.257 e. The fourth-order valence-electron chi connectivity index (χ4n) is 5.04. The van der Waals surface area contributed by atoms with E-state index >= 15 is 0 Å². The normalized spacial score (nSPS) is 19.2. The Morgan fingerprint density at radius 3 is 2.42 bits per heavy atom. The zero-order valence-electron chi connectivity index (χ0n) is 20.5. The molecule has 7 heteroatoms. The van der Waals surface area contributed by atoms with Crippen molar-refractivity contribution in [2.75, 3.05) is 44.4 Å². The molecule has 0 saturated carbocycles. The van der Waals surface area contributed by atoms with Gasteiger partial charge in [-0.05, 0) is 75.3 Å². The lowest BCUT2D eigenvalue weighted by molar-refractivity contribution is -0.123. The summed E-state index contributed by atoms with van der Waals surface area (Å²) in [5, 5.41) is 2.84. The number of benzene rings is 2. The summed E-state index contributed by atoms with van der Waals surface area (Å²) in [4.78, 5) is 28.6. The molecule has 0 aromatic heterocycles. The minimum Gasteiger partial charge on any atom is -0.484 e. The highest BCUT2D eigenvalue weighted by Crippen LogP contribution is 2.52. The molecule has 1 aliphatic heterocycles. The molecule has 3 rings (SSSR count). The first-order chi connectivity index (χ1) is 15.5. The topological polar surface area (TPSA) is 87.9 Å². The van der Waals surface area contributed by atoms with E-state index in [4.69, 9.17) is 10.5 Å². The highest BCUT2D eigenvalue weighted by atomic mass is 16.5. The maximum Gasteiger partial charge on any atom is 0.257 e. The molecule has 33 heavy (non-hydrogen) atoms. The largest absolute Gasteiger partial charge is 0.484 e. The molecular weight excluding hydrogens is 416 g/mol. The average Bonchev–Trinajstić information content (AvgIpc) is 2.73. The molecule has 2 aromatic rings. The first kappa shape index (κ1) is 24.6. The van der Waals surface area contributed by atoms with Crippen molar-refractivity contribution < 1.29 is 14.3 Å². The molecule has 2 unspecified atom stereocenters. The van der Waals surface area contributed by atoms with E-state index in [1.54, 1.807) is 6.92 Å². The van der Waals surface area contributed by atoms with Gasteiger partial charge in [-0.1, -0.05) is 19.1 Å². The van der Waals surface area contributed by atoms with Crippen LogP contribution in [-0.4, -0.2) is 56.0 Å². The second kappa shape index (κ2) is 9.83. The van der Waals surface area contributed by atoms with Crippen LogP contribution in [0.5, 0.6) is 5.75 Å². The van der Waals surface area contributed by atoms with Crippen molar-refractivity contribution in [2.24, 2.45) is 0 Å². The van der Waals surface area contributed by atoms with Crippen LogP contribution in [0.15, 0.2) is 42.5 Å². The summed E-state index contributed by atoms with van der Waals surface area (Å²) in [6.07, 6.45) is 0. The SMILES string of the molecule is CC(=O)N1c2ccc(N)cc2C(C)C(c2ccc(OCC(=O)NCCN(C)C)cc2)C1(C)C. The number of hydrogen-bond donors (Lipinski definition) is 2. The molecule has 2 aromatic carbocycles. The second-order valence-electron chi connectivity index (χ2n) is 9.60. The summed E-state index contributed by atoms with van der Waals surface area (Å²) in [6.45, 7) is 9.35. The standard InChI is InChI=1S/C26H36N4O3/c1-17-22-15-20(27)9-12-23(22)30(18(2)31)26(3,4)25(17)19-7-10-21(11-8-19)33-16-24(32)28-13-14-29(5)6/h7-12,15,17,25H,13-14,16,27H2,1-6H3,(H,28,32). The highest BCUT2D eigenvalue weighted by Gasteiger charge is 2.47. The molecule has 178 valence electrons. The monoisotopic (exact) mass is 452 g/mol. The number of likely N-dealkylation sites (N-methyl/N-ethyl adjacent to an activating group) is 1. The summed E-state index contributed by atoms with van der Waals surface area (Å²) in [6, 6.07) is 13.6. The lowest BCUT2D eigenvalue weighted by Crippen LogP contribution is -2.55. The summed E-state index contributed by atoms with van der Waals surface area (Å²) < 4.78 is 5.67. The number of hydrogen-bond acceptors (Lipinski definition) is 5. The van der Waals surface area contributed by atoms with Crippen molar-refractivity contribution in [1.82, 2.24) is 10.2 Å². The van der Waals surface area contributed by atoms with E-state index in [1.165, 1.54) is 0 Å². The van der Waals surface area contributed by atoms with Gasteiger partial charge in [0.2, 0.25) is 5.91 Å². The second-order valence-corrected chi connectivity index (χ2v) is 9.60. The van der Waals surface area contributed by atoms with Gasteiger partial charge in [0, 0.05) is 42.8 Å². The fraction of sp³-hybridized carbons (Fsp3) is 0.462. The Balaban J connectivity index is 1.79. The van der Waals surface area contributed by atoms with Gasteiger partial charge in [-0.25, -0.2) is 0 Å². The summed E-state index contributed by atoms with van der Waals surface area (Å²) in [5.74, 6) is 0.704. The molecule has 0 spiro atoms. The number of fused-ring (bicyclic) bond motifs is 1. The van der Waals surface area contributed by atoms with Crippen molar-refractivity contribution in [3.8, 4) is 5.75 Å². The Bertz CT molecular complexity index is 1000. The van der Waals surface area contributed by atoms with Crippen LogP contribution < -0.4 is 20.7 Å². The van der Waals surface area contributed by atoms with E-state index < -0.39 is 5.54 Å². The molecule has 7 nitrogen and oxygen atoms in total. The molecule has 3 N–H and O–H groups in total. The molecule has 0 saturated heterocycles. The number of anilines is 2. The lowest BCUT2D eigenvalue weighted by atomic mass is 9.67. The highest BCUT2D eigenvalue weighted by molar-refractivity contribution is 5.95. The molecule has 0 aliphatic carbocycles. The molecule has 0 fully saturated rings. The minimum absolute atomic E-state index is 0.00292. The van der Waals surface area contributed by atoms with Gasteiger partial charge in [0.25, 0.3) is 5.91 Å². The van der Waals surface area contributed by atoms with Gasteiger partial charge in [0.15, 0.2) is 6.61 Å². The van der Waals surface area contributed by atoms with Crippen LogP contribution in [0.1, 0.15) is 50.7 Å². The van der Waals surface area contributed by atoms with Crippen molar-refractivity contribution in [3.63, 3.8) is 0 Å². The van der Waals surface area contributed by atoms with E-state index in [0.717, 1.165) is 23.4 Å². The van der Waals surface area contributed by atoms with Gasteiger partial charge in [-0.15, -0.1) is 0 Å². The van der Waals surface area contributed by atoms with Crippen molar-refractivity contribution in [1.29, 1.82) is 0 Å². The molecule has 2 amide bonds. The molecular formula is C26H36N4O3. The zero-order valence-corrected chi connectivity index (χ0v) is 20.5. The summed E-state index contributed by atoms with van der Waals surface area (Å²) >= 11 is 0. The zero-order chi connectivity index (χ0) is 24.3. The lowest BCUT2D eigenvalue weighted by Gasteiger charge is -2.51. The first-order valence-electron chi connectivity index (χ1n) is 11.4. The van der Waals surface area contributed by atoms with Gasteiger partial charge in [-0.2, -0.15) is 0 Å². The molecule has 0 bridgehead atoms. The van der Waals surface area contributed by atoms with Crippen LogP contribution in [0.4, 0.5) is 11.4 Å². The predicted octanol–water partition coefficient (Wildman–Crippen LogP) is 3.36. The van der Waals surface area contributed by atoms with E-state index in [-0.39, 0.29) is 30.3 Å². The average molecular weight is 453 g/mol. The van der Waals surface area contributed by atoms with E-state index in [1.807, 2.05) is 66.4 Å². The third kappa shape index (κ3) is 5.30. The van der Waals surface area contributed by atoms with Crippen LogP contribution in [0.2, 0.25) is 0 Å². The van der Waals surface area contributed by atoms with Crippen molar-refractivity contribution in [2.45, 2.75) is 45.1 Å². The van der Waals surface area contributed by atoms with Crippen molar-refractivity contribution >= 4 is 23.2 Å². The number of nitrogens with zero attached hydrogens (tertiary/aromatic N) is 2. The van der Waals surface area contributed by atoms with Gasteiger partial charge >= 0.3 is 0 Å². The number of rotatable bonds is 7. The maximum absolute atomic E-state index is 12.7. The van der Waals surface area contributed by atoms with Gasteiger partial charge < -0.3 is 25.6 Å². The Morgan fingerprint density at radius 2 is 1.82 bits per heavy atom. The number of carbonyl (C=O) groups excluding carboxylic acids is 2. The Morgan fingerprint density at radius 1 is 1.15 bits per heavy atom. The Kier molecular flexibility index (Phi) is 7.32. The quantitative estimate of drug-likeness (QED) is 0.629. The number of ether oxygens (including phenoxy) is 1. The Labute approximate surface area is 196 Å². The third-order valence-corrected chi connectivity index (χ3v) is 6.43. The predicted molar refractivity (Wildman–Crippen MR) is 133 cm³/mol. The molecule has 2 atom stereocenters. The fourth-order valence-corrected chi connectivity index (χ4v) is 5.04. The van der Waals surface area contributed by atoms with Crippen LogP contribution in [0.3, 0.4) is 0 Å². The number of nitrogen functional groups attached to an aromatic ring is 1. The van der Waals surface area contributed by atoms with E-state index in [2.05, 4.69) is 26.1 Å². The Hall–Kier alpha value is -3.06. The van der Waals surface area contributed by atoms with Crippen LogP contribution in [0, 0.1) is 0 Å². The van der Waals surface area contributed by atoms with Gasteiger partial charge in [-0.3, -0.25) is 9.59 Å². The van der Waals surface area contributed by atoms with Gasteiger partial charge in [0.05, 0.1) is 0 Å². The van der Waals surface area contributed by atoms with E-state index in [9.17, 15) is 9.59 Å². The molecule has 1 heterocycles. The van der Waals surface area contributed by atoms with E-state index in [0.29, 0.717) is 18.0 Å². The number of nitrogens with two attached hydrogens (primary N) is 1. The van der Waals surface area contributed by atoms with Crippen molar-refractivity contribution in [3.05, 3.63) is 53.6 Å². The first-order valence-corrected chi connectivity index (χ1v) is 11.4. The maximum atomic E-state index is 12.7. The molecule has 0 radical (unpaired) electrons. The summed E-state index contributed by atoms with van der Waals surface area (Å²) in [7, 11) is 3.92. The third-order valence-electron chi connectivity index (χ3n) is 6.43. The number of amides is 2. The minimum atomic E-state index is -0.441.